The number of halogens is 1. The standard InChI is InChI=1S/C42H44FN13O5S/c1-25(2)61-37-36(27-20-45-46-21-27)44-24-56-39(37)49-40(51-56)47-33-12-10-30(19-32(33)43)62(59,60)29-8-6-7-26(17-29)22-54-16-15-53(23-42(54,3)4)28-9-11-31-34(18-28)52(5)50-38(31)55-14-13-35(57)48-41(55)58/h6-12,17-21,24-25H,13-16,22-23H2,1-5H3,(H,45,46)(H,47,51)(H,48,57,58). The van der Waals surface area contributed by atoms with E-state index >= 15 is 4.39 Å². The Bertz CT molecular complexity index is 2980. The number of hydrogen-bond donors (Lipinski definition) is 3. The number of aromatic amines is 1. The van der Waals surface area contributed by atoms with Crippen LogP contribution in [0.5, 0.6) is 5.75 Å². The molecule has 4 aromatic heterocycles. The van der Waals surface area contributed by atoms with Crippen LogP contribution < -0.4 is 25.2 Å². The number of imide groups is 1. The number of nitrogens with one attached hydrogen (secondary N) is 3. The van der Waals surface area contributed by atoms with Crippen molar-refractivity contribution in [2.75, 3.05) is 41.3 Å². The van der Waals surface area contributed by atoms with Crippen LogP contribution in [-0.2, 0) is 28.2 Å². The Balaban J connectivity index is 0.885. The zero-order valence-corrected chi connectivity index (χ0v) is 35.4. The summed E-state index contributed by atoms with van der Waals surface area (Å²) < 4.78 is 52.8. The van der Waals surface area contributed by atoms with Crippen molar-refractivity contribution in [2.45, 2.75) is 62.1 Å². The van der Waals surface area contributed by atoms with Gasteiger partial charge in [-0.15, -0.1) is 5.10 Å². The first kappa shape index (κ1) is 40.5. The molecule has 3 aromatic carbocycles. The van der Waals surface area contributed by atoms with E-state index in [1.54, 1.807) is 29.2 Å². The Hall–Kier alpha value is -6.93. The summed E-state index contributed by atoms with van der Waals surface area (Å²) in [5.41, 5.74) is 3.91. The molecule has 18 nitrogen and oxygen atoms in total. The van der Waals surface area contributed by atoms with Gasteiger partial charge in [-0.25, -0.2) is 22.6 Å². The Labute approximate surface area is 355 Å². The smallest absolute Gasteiger partial charge is 0.329 e. The lowest BCUT2D eigenvalue weighted by Crippen LogP contribution is -2.58. The molecule has 2 aliphatic rings. The zero-order valence-electron chi connectivity index (χ0n) is 34.6. The van der Waals surface area contributed by atoms with Gasteiger partial charge in [-0.2, -0.15) is 19.7 Å². The van der Waals surface area contributed by atoms with Gasteiger partial charge in [-0.05, 0) is 81.8 Å². The Kier molecular flexibility index (Phi) is 10.1. The minimum Gasteiger partial charge on any atom is -0.485 e. The number of rotatable bonds is 11. The Morgan fingerprint density at radius 3 is 2.56 bits per heavy atom. The van der Waals surface area contributed by atoms with E-state index < -0.39 is 21.7 Å². The summed E-state index contributed by atoms with van der Waals surface area (Å²) in [4.78, 5) is 39.3. The van der Waals surface area contributed by atoms with E-state index in [9.17, 15) is 18.0 Å². The van der Waals surface area contributed by atoms with Crippen LogP contribution in [0.3, 0.4) is 0 Å². The van der Waals surface area contributed by atoms with Crippen LogP contribution in [0.1, 0.15) is 39.7 Å². The lowest BCUT2D eigenvalue weighted by molar-refractivity contribution is -0.120. The van der Waals surface area contributed by atoms with E-state index in [-0.39, 0.29) is 51.9 Å². The molecule has 20 heteroatoms. The Morgan fingerprint density at radius 2 is 1.82 bits per heavy atom. The van der Waals surface area contributed by atoms with E-state index in [0.29, 0.717) is 54.7 Å². The maximum absolute atomic E-state index is 15.7. The van der Waals surface area contributed by atoms with Crippen molar-refractivity contribution in [1.29, 1.82) is 0 Å². The minimum atomic E-state index is -4.09. The predicted octanol–water partition coefficient (Wildman–Crippen LogP) is 5.45. The Morgan fingerprint density at radius 1 is 1.00 bits per heavy atom. The number of benzene rings is 3. The number of ether oxygens (including phenoxy) is 1. The molecular weight excluding hydrogens is 818 g/mol. The number of carbonyl (C=O) groups excluding carboxylic acids is 2. The molecule has 0 aliphatic carbocycles. The van der Waals surface area contributed by atoms with Gasteiger partial charge in [0.2, 0.25) is 27.3 Å². The number of hydrogen-bond acceptors (Lipinski definition) is 13. The average molecular weight is 862 g/mol. The van der Waals surface area contributed by atoms with Crippen LogP contribution in [0.4, 0.5) is 32.3 Å². The molecule has 320 valence electrons. The number of fused-ring (bicyclic) bond motifs is 2. The van der Waals surface area contributed by atoms with Crippen molar-refractivity contribution >= 4 is 61.5 Å². The molecule has 3 N–H and O–H groups in total. The van der Waals surface area contributed by atoms with Crippen molar-refractivity contribution < 1.29 is 27.1 Å². The number of sulfone groups is 1. The van der Waals surface area contributed by atoms with Gasteiger partial charge < -0.3 is 15.0 Å². The maximum atomic E-state index is 15.7. The van der Waals surface area contributed by atoms with E-state index in [1.807, 2.05) is 39.1 Å². The highest BCUT2D eigenvalue weighted by Crippen LogP contribution is 2.35. The number of nitrogens with zero attached hydrogens (tertiary/aromatic N) is 10. The molecule has 0 radical (unpaired) electrons. The molecule has 0 saturated carbocycles. The van der Waals surface area contributed by atoms with Gasteiger partial charge in [0.25, 0.3) is 0 Å². The fraction of sp³-hybridized carbons (Fsp3) is 0.310. The van der Waals surface area contributed by atoms with E-state index in [4.69, 9.17) is 4.74 Å². The third kappa shape index (κ3) is 7.55. The predicted molar refractivity (Wildman–Crippen MR) is 229 cm³/mol. The second-order valence-electron chi connectivity index (χ2n) is 16.3. The van der Waals surface area contributed by atoms with Gasteiger partial charge in [0.1, 0.15) is 17.8 Å². The zero-order chi connectivity index (χ0) is 43.5. The van der Waals surface area contributed by atoms with Crippen molar-refractivity contribution in [3.05, 3.63) is 90.8 Å². The van der Waals surface area contributed by atoms with Crippen LogP contribution in [-0.4, -0.2) is 103 Å². The highest BCUT2D eigenvalue weighted by atomic mass is 32.2. The van der Waals surface area contributed by atoms with Gasteiger partial charge >= 0.3 is 6.03 Å². The van der Waals surface area contributed by atoms with Crippen molar-refractivity contribution in [1.82, 2.24) is 49.8 Å². The first-order valence-corrected chi connectivity index (χ1v) is 21.5. The highest BCUT2D eigenvalue weighted by Gasteiger charge is 2.35. The van der Waals surface area contributed by atoms with Crippen LogP contribution in [0.2, 0.25) is 0 Å². The second kappa shape index (κ2) is 15.5. The monoisotopic (exact) mass is 861 g/mol. The third-order valence-electron chi connectivity index (χ3n) is 11.1. The number of carbonyl (C=O) groups is 2. The molecule has 6 heterocycles. The SMILES string of the molecule is CC(C)Oc1c(-c2cn[nH]c2)ncn2nc(Nc3ccc(S(=O)(=O)c4cccc(CN5CCN(c6ccc7c(N8CCC(=O)NC8=O)nn(C)c7c6)CC5(C)C)c4)cc3F)nc12. The first-order chi connectivity index (χ1) is 29.6. The number of H-pyrrole nitrogens is 1. The summed E-state index contributed by atoms with van der Waals surface area (Å²) in [6.45, 7) is 10.9. The molecule has 3 amide bonds. The number of urea groups is 1. The normalized spacial score (nSPS) is 16.1. The summed E-state index contributed by atoms with van der Waals surface area (Å²) in [5.74, 6) is -0.152. The molecule has 0 spiro atoms. The molecule has 7 aromatic rings. The third-order valence-corrected chi connectivity index (χ3v) is 12.9. The van der Waals surface area contributed by atoms with Gasteiger partial charge in [-0.1, -0.05) is 12.1 Å². The molecule has 0 atom stereocenters. The number of aryl methyl sites for hydroxylation is 1. The average Bonchev–Trinajstić information content (AvgIpc) is 3.99. The lowest BCUT2D eigenvalue weighted by Gasteiger charge is -2.48. The van der Waals surface area contributed by atoms with E-state index in [0.717, 1.165) is 28.2 Å². The fourth-order valence-electron chi connectivity index (χ4n) is 7.96. The highest BCUT2D eigenvalue weighted by molar-refractivity contribution is 7.91. The summed E-state index contributed by atoms with van der Waals surface area (Å²) in [7, 11) is -2.26. The van der Waals surface area contributed by atoms with Gasteiger partial charge in [0.05, 0.1) is 33.3 Å². The van der Waals surface area contributed by atoms with E-state index in [1.165, 1.54) is 33.9 Å². The summed E-state index contributed by atoms with van der Waals surface area (Å²) in [6.07, 6.45) is 4.77. The van der Waals surface area contributed by atoms with Crippen LogP contribution in [0.25, 0.3) is 27.8 Å². The molecule has 62 heavy (non-hydrogen) atoms. The number of amides is 3. The van der Waals surface area contributed by atoms with Crippen molar-refractivity contribution in [3.63, 3.8) is 0 Å². The maximum Gasteiger partial charge on any atom is 0.329 e. The van der Waals surface area contributed by atoms with Crippen molar-refractivity contribution in [3.8, 4) is 17.0 Å². The molecule has 2 fully saturated rings. The molecule has 2 saturated heterocycles. The van der Waals surface area contributed by atoms with Crippen LogP contribution >= 0.6 is 0 Å². The van der Waals surface area contributed by atoms with Gasteiger partial charge in [0.15, 0.2) is 11.6 Å². The number of piperazine rings is 1. The van der Waals surface area contributed by atoms with Gasteiger partial charge in [0, 0.05) is 74.6 Å². The molecule has 2 aliphatic heterocycles. The van der Waals surface area contributed by atoms with Gasteiger partial charge in [-0.3, -0.25) is 29.7 Å². The first-order valence-electron chi connectivity index (χ1n) is 20.0. The second-order valence-corrected chi connectivity index (χ2v) is 18.2. The molecule has 0 bridgehead atoms. The van der Waals surface area contributed by atoms with Crippen LogP contribution in [0.15, 0.2) is 89.2 Å². The largest absolute Gasteiger partial charge is 0.485 e. The number of aromatic nitrogens is 8. The van der Waals surface area contributed by atoms with Crippen LogP contribution in [0, 0.1) is 5.82 Å². The van der Waals surface area contributed by atoms with E-state index in [2.05, 4.69) is 70.7 Å². The lowest BCUT2D eigenvalue weighted by atomic mass is 9.97. The minimum absolute atomic E-state index is 0.0143. The van der Waals surface area contributed by atoms with Crippen molar-refractivity contribution in [2.24, 2.45) is 7.05 Å². The molecule has 9 rings (SSSR count). The number of anilines is 4. The molecule has 0 unspecified atom stereocenters. The topological polar surface area (TPSA) is 201 Å². The summed E-state index contributed by atoms with van der Waals surface area (Å²) in [6, 6.07) is 16.0. The fourth-order valence-corrected chi connectivity index (χ4v) is 9.31. The quantitative estimate of drug-likeness (QED) is 0.148. The summed E-state index contributed by atoms with van der Waals surface area (Å²) >= 11 is 0. The summed E-state index contributed by atoms with van der Waals surface area (Å²) in [5, 5.41) is 21.8. The molecular formula is C42H44FN13O5S.